The van der Waals surface area contributed by atoms with Gasteiger partial charge in [-0.2, -0.15) is 0 Å². The largest absolute Gasteiger partial charge is 0.444 e. The Morgan fingerprint density at radius 2 is 2.00 bits per heavy atom. The van der Waals surface area contributed by atoms with E-state index in [-0.39, 0.29) is 6.61 Å². The van der Waals surface area contributed by atoms with Gasteiger partial charge in [0.15, 0.2) is 0 Å². The van der Waals surface area contributed by atoms with Crippen LogP contribution in [0.4, 0.5) is 4.79 Å². The molecular formula is C17H22N2O3S. The van der Waals surface area contributed by atoms with Gasteiger partial charge in [0.1, 0.15) is 5.60 Å². The van der Waals surface area contributed by atoms with Crippen LogP contribution in [0.1, 0.15) is 32.0 Å². The third-order valence-corrected chi connectivity index (χ3v) is 4.01. The Hall–Kier alpha value is -1.92. The number of aliphatic hydroxyl groups is 1. The Morgan fingerprint density at radius 1 is 1.30 bits per heavy atom. The van der Waals surface area contributed by atoms with Gasteiger partial charge in [-0.25, -0.2) is 9.78 Å². The minimum atomic E-state index is -0.481. The SMILES string of the molecule is CC(C)(C)OC(=O)NCCc1ccc(-c2scnc2CO)cc1. The van der Waals surface area contributed by atoms with Gasteiger partial charge in [-0.3, -0.25) is 0 Å². The van der Waals surface area contributed by atoms with E-state index in [1.165, 1.54) is 11.3 Å². The molecule has 0 fully saturated rings. The highest BCUT2D eigenvalue weighted by Crippen LogP contribution is 2.27. The number of aromatic nitrogens is 1. The molecule has 1 aromatic carbocycles. The molecule has 2 N–H and O–H groups in total. The molecule has 0 radical (unpaired) electrons. The van der Waals surface area contributed by atoms with Crippen molar-refractivity contribution in [1.29, 1.82) is 0 Å². The molecule has 2 rings (SSSR count). The summed E-state index contributed by atoms with van der Waals surface area (Å²) >= 11 is 1.52. The molecule has 5 nitrogen and oxygen atoms in total. The lowest BCUT2D eigenvalue weighted by molar-refractivity contribution is 0.0528. The molecule has 2 aromatic rings. The van der Waals surface area contributed by atoms with Gasteiger partial charge in [-0.05, 0) is 38.3 Å². The number of nitrogens with one attached hydrogen (secondary N) is 1. The summed E-state index contributed by atoms with van der Waals surface area (Å²) in [6.07, 6.45) is 0.334. The Balaban J connectivity index is 1.87. The van der Waals surface area contributed by atoms with Crippen LogP contribution in [0.5, 0.6) is 0 Å². The fourth-order valence-electron chi connectivity index (χ4n) is 2.06. The van der Waals surface area contributed by atoms with Crippen molar-refractivity contribution < 1.29 is 14.6 Å². The number of alkyl carbamates (subject to hydrolysis) is 1. The summed E-state index contributed by atoms with van der Waals surface area (Å²) < 4.78 is 5.19. The number of ether oxygens (including phenoxy) is 1. The summed E-state index contributed by atoms with van der Waals surface area (Å²) in [5.74, 6) is 0. The van der Waals surface area contributed by atoms with Gasteiger partial charge in [-0.1, -0.05) is 24.3 Å². The van der Waals surface area contributed by atoms with Crippen molar-refractivity contribution in [1.82, 2.24) is 10.3 Å². The third kappa shape index (κ3) is 5.33. The molecule has 0 bridgehead atoms. The van der Waals surface area contributed by atoms with E-state index < -0.39 is 11.7 Å². The number of aliphatic hydroxyl groups excluding tert-OH is 1. The van der Waals surface area contributed by atoms with E-state index in [1.807, 2.05) is 45.0 Å². The molecule has 1 heterocycles. The molecule has 0 spiro atoms. The summed E-state index contributed by atoms with van der Waals surface area (Å²) in [6, 6.07) is 8.06. The third-order valence-electron chi connectivity index (χ3n) is 3.09. The normalized spacial score (nSPS) is 11.3. The highest BCUT2D eigenvalue weighted by Gasteiger charge is 2.15. The molecule has 1 amide bonds. The van der Waals surface area contributed by atoms with Crippen molar-refractivity contribution in [2.24, 2.45) is 0 Å². The maximum absolute atomic E-state index is 11.6. The summed E-state index contributed by atoms with van der Waals surface area (Å²) in [6.45, 7) is 5.99. The number of carbonyl (C=O) groups excluding carboxylic acids is 1. The lowest BCUT2D eigenvalue weighted by atomic mass is 10.1. The lowest BCUT2D eigenvalue weighted by Gasteiger charge is -2.19. The van der Waals surface area contributed by atoms with Crippen LogP contribution < -0.4 is 5.32 Å². The summed E-state index contributed by atoms with van der Waals surface area (Å²) in [5, 5.41) is 12.0. The Labute approximate surface area is 140 Å². The quantitative estimate of drug-likeness (QED) is 0.879. The molecule has 0 atom stereocenters. The van der Waals surface area contributed by atoms with E-state index in [2.05, 4.69) is 10.3 Å². The molecule has 124 valence electrons. The number of nitrogens with zero attached hydrogens (tertiary/aromatic N) is 1. The minimum Gasteiger partial charge on any atom is -0.444 e. The smallest absolute Gasteiger partial charge is 0.407 e. The van der Waals surface area contributed by atoms with Crippen LogP contribution >= 0.6 is 11.3 Å². The number of hydrogen-bond acceptors (Lipinski definition) is 5. The van der Waals surface area contributed by atoms with Crippen LogP contribution in [0.3, 0.4) is 0 Å². The maximum Gasteiger partial charge on any atom is 0.407 e. The zero-order chi connectivity index (χ0) is 16.9. The highest BCUT2D eigenvalue weighted by atomic mass is 32.1. The van der Waals surface area contributed by atoms with Crippen LogP contribution in [0.25, 0.3) is 10.4 Å². The van der Waals surface area contributed by atoms with Gasteiger partial charge in [0, 0.05) is 6.54 Å². The molecule has 0 aliphatic rings. The summed E-state index contributed by atoms with van der Waals surface area (Å²) in [4.78, 5) is 16.7. The van der Waals surface area contributed by atoms with Crippen molar-refractivity contribution >= 4 is 17.4 Å². The lowest BCUT2D eigenvalue weighted by Crippen LogP contribution is -2.33. The average molecular weight is 334 g/mol. The molecule has 6 heteroatoms. The monoisotopic (exact) mass is 334 g/mol. The number of thiazole rings is 1. The topological polar surface area (TPSA) is 71.5 Å². The Bertz CT molecular complexity index is 645. The molecular weight excluding hydrogens is 312 g/mol. The Morgan fingerprint density at radius 3 is 2.61 bits per heavy atom. The first kappa shape index (κ1) is 17.4. The molecule has 0 saturated heterocycles. The van der Waals surface area contributed by atoms with E-state index in [4.69, 9.17) is 4.74 Å². The van der Waals surface area contributed by atoms with E-state index in [0.717, 1.165) is 22.4 Å². The van der Waals surface area contributed by atoms with Crippen molar-refractivity contribution in [3.8, 4) is 10.4 Å². The molecule has 1 aromatic heterocycles. The number of amides is 1. The van der Waals surface area contributed by atoms with E-state index in [9.17, 15) is 9.90 Å². The summed E-state index contributed by atoms with van der Waals surface area (Å²) in [5.41, 5.74) is 4.12. The van der Waals surface area contributed by atoms with E-state index >= 15 is 0 Å². The van der Waals surface area contributed by atoms with Crippen molar-refractivity contribution in [2.45, 2.75) is 39.4 Å². The number of rotatable bonds is 5. The van der Waals surface area contributed by atoms with E-state index in [1.54, 1.807) is 5.51 Å². The van der Waals surface area contributed by atoms with Crippen LogP contribution in [-0.4, -0.2) is 28.3 Å². The van der Waals surface area contributed by atoms with Crippen LogP contribution in [0.2, 0.25) is 0 Å². The fraction of sp³-hybridized carbons (Fsp3) is 0.412. The van der Waals surface area contributed by atoms with Crippen LogP contribution in [-0.2, 0) is 17.8 Å². The zero-order valence-corrected chi connectivity index (χ0v) is 14.4. The van der Waals surface area contributed by atoms with Gasteiger partial charge in [0.25, 0.3) is 0 Å². The minimum absolute atomic E-state index is 0.0552. The summed E-state index contributed by atoms with van der Waals surface area (Å²) in [7, 11) is 0. The molecule has 0 aliphatic heterocycles. The number of hydrogen-bond donors (Lipinski definition) is 2. The van der Waals surface area contributed by atoms with Gasteiger partial charge in [-0.15, -0.1) is 11.3 Å². The van der Waals surface area contributed by atoms with Crippen molar-refractivity contribution in [3.05, 3.63) is 41.0 Å². The predicted molar refractivity (Wildman–Crippen MR) is 91.4 cm³/mol. The van der Waals surface area contributed by atoms with E-state index in [0.29, 0.717) is 12.2 Å². The van der Waals surface area contributed by atoms with Crippen LogP contribution in [0, 0.1) is 0 Å². The second kappa shape index (κ2) is 7.57. The zero-order valence-electron chi connectivity index (χ0n) is 13.6. The predicted octanol–water partition coefficient (Wildman–Crippen LogP) is 3.37. The number of benzene rings is 1. The standard InChI is InChI=1S/C17H22N2O3S/c1-17(2,3)22-16(21)18-9-8-12-4-6-13(7-5-12)15-14(10-20)19-11-23-15/h4-7,11,20H,8-10H2,1-3H3,(H,18,21). The molecule has 0 aliphatic carbocycles. The molecule has 23 heavy (non-hydrogen) atoms. The number of carbonyl (C=O) groups is 1. The fourth-order valence-corrected chi connectivity index (χ4v) is 2.87. The first-order valence-corrected chi connectivity index (χ1v) is 8.36. The van der Waals surface area contributed by atoms with Crippen LogP contribution in [0.15, 0.2) is 29.8 Å². The van der Waals surface area contributed by atoms with Gasteiger partial charge >= 0.3 is 6.09 Å². The molecule has 0 unspecified atom stereocenters. The Kier molecular flexibility index (Phi) is 5.74. The maximum atomic E-state index is 11.6. The first-order chi connectivity index (χ1) is 10.9. The highest BCUT2D eigenvalue weighted by molar-refractivity contribution is 7.13. The second-order valence-corrected chi connectivity index (χ2v) is 7.02. The average Bonchev–Trinajstić information content (AvgIpc) is 2.94. The van der Waals surface area contributed by atoms with Crippen molar-refractivity contribution in [2.75, 3.05) is 6.54 Å². The van der Waals surface area contributed by atoms with Gasteiger partial charge in [0.05, 0.1) is 22.7 Å². The first-order valence-electron chi connectivity index (χ1n) is 7.48. The van der Waals surface area contributed by atoms with Crippen molar-refractivity contribution in [3.63, 3.8) is 0 Å². The molecule has 0 saturated carbocycles. The second-order valence-electron chi connectivity index (χ2n) is 6.16. The van der Waals surface area contributed by atoms with Gasteiger partial charge in [0.2, 0.25) is 0 Å². The van der Waals surface area contributed by atoms with Gasteiger partial charge < -0.3 is 15.2 Å².